The summed E-state index contributed by atoms with van der Waals surface area (Å²) in [5.41, 5.74) is 0.180. The number of hydrogen-bond acceptors (Lipinski definition) is 1. The average Bonchev–Trinajstić information content (AvgIpc) is 2.35. The highest BCUT2D eigenvalue weighted by atomic mass is 16.3. The van der Waals surface area contributed by atoms with Gasteiger partial charge in [0.2, 0.25) is 0 Å². The molecule has 0 aliphatic carbocycles. The molecule has 1 atom stereocenters. The minimum absolute atomic E-state index is 0.708. The predicted molar refractivity (Wildman–Crippen MR) is 69.3 cm³/mol. The van der Waals surface area contributed by atoms with Crippen molar-refractivity contribution in [3.8, 4) is 0 Å². The number of allylic oxidation sites excluding steroid dienone is 1. The first-order chi connectivity index (χ1) is 7.73. The van der Waals surface area contributed by atoms with Crippen LogP contribution >= 0.6 is 0 Å². The van der Waals surface area contributed by atoms with Crippen LogP contribution in [-0.2, 0) is 5.60 Å². The van der Waals surface area contributed by atoms with Crippen molar-refractivity contribution in [2.75, 3.05) is 0 Å². The molecule has 1 nitrogen and oxygen atoms in total. The molecule has 0 saturated carbocycles. The van der Waals surface area contributed by atoms with Crippen LogP contribution < -0.4 is 0 Å². The molecule has 1 unspecified atom stereocenters. The van der Waals surface area contributed by atoms with Crippen molar-refractivity contribution in [3.63, 3.8) is 0 Å². The zero-order valence-electron chi connectivity index (χ0n) is 10.3. The first-order valence-corrected chi connectivity index (χ1v) is 6.18. The molecule has 1 N–H and O–H groups in total. The third kappa shape index (κ3) is 3.49. The van der Waals surface area contributed by atoms with E-state index in [2.05, 4.69) is 13.0 Å². The molecule has 0 fully saturated rings. The molecule has 1 rings (SSSR count). The summed E-state index contributed by atoms with van der Waals surface area (Å²) in [6.07, 6.45) is 8.18. The van der Waals surface area contributed by atoms with Gasteiger partial charge in [-0.2, -0.15) is 0 Å². The van der Waals surface area contributed by atoms with Gasteiger partial charge in [-0.05, 0) is 18.4 Å². The van der Waals surface area contributed by atoms with E-state index < -0.39 is 5.60 Å². The number of unbranched alkanes of at least 4 members (excludes halogenated alkanes) is 2. The van der Waals surface area contributed by atoms with Crippen LogP contribution in [0, 0.1) is 0 Å². The van der Waals surface area contributed by atoms with E-state index in [-0.39, 0.29) is 0 Å². The van der Waals surface area contributed by atoms with E-state index >= 15 is 0 Å². The Balaban J connectivity index is 2.74. The molecule has 0 aliphatic rings. The summed E-state index contributed by atoms with van der Waals surface area (Å²) < 4.78 is 0. The van der Waals surface area contributed by atoms with Gasteiger partial charge in [0.05, 0.1) is 0 Å². The fourth-order valence-electron chi connectivity index (χ4n) is 1.75. The first kappa shape index (κ1) is 13.0. The average molecular weight is 218 g/mol. The minimum atomic E-state index is -0.797. The summed E-state index contributed by atoms with van der Waals surface area (Å²) in [7, 11) is 0. The van der Waals surface area contributed by atoms with Crippen molar-refractivity contribution in [3.05, 3.63) is 48.0 Å². The zero-order chi connectivity index (χ0) is 11.9. The van der Waals surface area contributed by atoms with E-state index in [0.29, 0.717) is 6.42 Å². The summed E-state index contributed by atoms with van der Waals surface area (Å²) in [5.74, 6) is 0. The second kappa shape index (κ2) is 6.49. The second-order valence-electron chi connectivity index (χ2n) is 4.19. The standard InChI is InChI=1S/C15H22O/c1-3-5-6-10-13-15(16,4-2)14-11-8-7-9-12-14/h7-13,16H,3-6H2,1-2H3/b13-10+. The summed E-state index contributed by atoms with van der Waals surface area (Å²) in [6, 6.07) is 9.87. The van der Waals surface area contributed by atoms with Crippen molar-refractivity contribution < 1.29 is 5.11 Å². The number of benzene rings is 1. The van der Waals surface area contributed by atoms with Crippen LogP contribution in [0.1, 0.15) is 45.1 Å². The van der Waals surface area contributed by atoms with Crippen LogP contribution in [-0.4, -0.2) is 5.11 Å². The van der Waals surface area contributed by atoms with Crippen molar-refractivity contribution >= 4 is 0 Å². The first-order valence-electron chi connectivity index (χ1n) is 6.18. The minimum Gasteiger partial charge on any atom is -0.381 e. The summed E-state index contributed by atoms with van der Waals surface area (Å²) in [5, 5.41) is 10.5. The van der Waals surface area contributed by atoms with Gasteiger partial charge in [0, 0.05) is 0 Å². The normalized spacial score (nSPS) is 15.2. The van der Waals surface area contributed by atoms with Crippen LogP contribution in [0.2, 0.25) is 0 Å². The molecule has 0 bridgehead atoms. The molecular formula is C15H22O. The third-order valence-electron chi connectivity index (χ3n) is 2.93. The number of rotatable bonds is 6. The van der Waals surface area contributed by atoms with Gasteiger partial charge in [-0.1, -0.05) is 69.2 Å². The van der Waals surface area contributed by atoms with Gasteiger partial charge in [-0.25, -0.2) is 0 Å². The maximum Gasteiger partial charge on any atom is 0.107 e. The lowest BCUT2D eigenvalue weighted by atomic mass is 9.90. The highest BCUT2D eigenvalue weighted by Crippen LogP contribution is 2.26. The lowest BCUT2D eigenvalue weighted by Crippen LogP contribution is -2.21. The van der Waals surface area contributed by atoms with E-state index in [1.165, 1.54) is 12.8 Å². The molecule has 1 aromatic carbocycles. The maximum absolute atomic E-state index is 10.5. The molecule has 0 amide bonds. The molecule has 0 aromatic heterocycles. The Morgan fingerprint density at radius 1 is 1.19 bits per heavy atom. The Labute approximate surface area is 98.8 Å². The molecule has 0 aliphatic heterocycles. The van der Waals surface area contributed by atoms with Crippen LogP contribution in [0.5, 0.6) is 0 Å². The van der Waals surface area contributed by atoms with Crippen LogP contribution in [0.15, 0.2) is 42.5 Å². The topological polar surface area (TPSA) is 20.2 Å². The molecule has 0 radical (unpaired) electrons. The molecule has 0 saturated heterocycles. The lowest BCUT2D eigenvalue weighted by Gasteiger charge is -2.23. The van der Waals surface area contributed by atoms with Crippen molar-refractivity contribution in [1.29, 1.82) is 0 Å². The van der Waals surface area contributed by atoms with E-state index in [9.17, 15) is 5.11 Å². The summed E-state index contributed by atoms with van der Waals surface area (Å²) >= 11 is 0. The Kier molecular flexibility index (Phi) is 5.27. The van der Waals surface area contributed by atoms with Gasteiger partial charge in [0.1, 0.15) is 5.60 Å². The monoisotopic (exact) mass is 218 g/mol. The highest BCUT2D eigenvalue weighted by Gasteiger charge is 2.22. The van der Waals surface area contributed by atoms with E-state index in [4.69, 9.17) is 0 Å². The molecule has 0 heterocycles. The van der Waals surface area contributed by atoms with Crippen molar-refractivity contribution in [2.24, 2.45) is 0 Å². The fraction of sp³-hybridized carbons (Fsp3) is 0.467. The number of aliphatic hydroxyl groups is 1. The largest absolute Gasteiger partial charge is 0.381 e. The third-order valence-corrected chi connectivity index (χ3v) is 2.93. The van der Waals surface area contributed by atoms with E-state index in [0.717, 1.165) is 12.0 Å². The van der Waals surface area contributed by atoms with Gasteiger partial charge in [-0.3, -0.25) is 0 Å². The van der Waals surface area contributed by atoms with Crippen molar-refractivity contribution in [1.82, 2.24) is 0 Å². The fourth-order valence-corrected chi connectivity index (χ4v) is 1.75. The number of hydrogen-bond donors (Lipinski definition) is 1. The van der Waals surface area contributed by atoms with Crippen LogP contribution in [0.3, 0.4) is 0 Å². The smallest absolute Gasteiger partial charge is 0.107 e. The molecule has 1 heteroatoms. The van der Waals surface area contributed by atoms with Gasteiger partial charge in [0.25, 0.3) is 0 Å². The molecular weight excluding hydrogens is 196 g/mol. The zero-order valence-corrected chi connectivity index (χ0v) is 10.3. The second-order valence-corrected chi connectivity index (χ2v) is 4.19. The lowest BCUT2D eigenvalue weighted by molar-refractivity contribution is 0.0849. The SMILES string of the molecule is CCCC/C=C/C(O)(CC)c1ccccc1. The molecule has 1 aromatic rings. The Morgan fingerprint density at radius 2 is 1.88 bits per heavy atom. The maximum atomic E-state index is 10.5. The van der Waals surface area contributed by atoms with Gasteiger partial charge >= 0.3 is 0 Å². The van der Waals surface area contributed by atoms with Gasteiger partial charge < -0.3 is 5.11 Å². The van der Waals surface area contributed by atoms with Crippen LogP contribution in [0.25, 0.3) is 0 Å². The summed E-state index contributed by atoms with van der Waals surface area (Å²) in [6.45, 7) is 4.19. The molecule has 88 valence electrons. The Bertz CT molecular complexity index is 315. The van der Waals surface area contributed by atoms with E-state index in [1.807, 2.05) is 43.3 Å². The molecule has 16 heavy (non-hydrogen) atoms. The van der Waals surface area contributed by atoms with Crippen molar-refractivity contribution in [2.45, 2.75) is 45.1 Å². The predicted octanol–water partition coefficient (Wildman–Crippen LogP) is 4.03. The van der Waals surface area contributed by atoms with E-state index in [1.54, 1.807) is 0 Å². The Morgan fingerprint density at radius 3 is 2.44 bits per heavy atom. The van der Waals surface area contributed by atoms with Gasteiger partial charge in [0.15, 0.2) is 0 Å². The molecule has 0 spiro atoms. The summed E-state index contributed by atoms with van der Waals surface area (Å²) in [4.78, 5) is 0. The van der Waals surface area contributed by atoms with Gasteiger partial charge in [-0.15, -0.1) is 0 Å². The Hall–Kier alpha value is -1.08. The quantitative estimate of drug-likeness (QED) is 0.564. The van der Waals surface area contributed by atoms with Crippen LogP contribution in [0.4, 0.5) is 0 Å². The highest BCUT2D eigenvalue weighted by molar-refractivity contribution is 5.26.